The van der Waals surface area contributed by atoms with Crippen LogP contribution in [0.1, 0.15) is 155 Å². The summed E-state index contributed by atoms with van der Waals surface area (Å²) < 4.78 is 58.0. The van der Waals surface area contributed by atoms with E-state index in [0.29, 0.717) is 50.8 Å². The molecular formula is C67H93F3N8O8. The van der Waals surface area contributed by atoms with Crippen molar-refractivity contribution in [2.75, 3.05) is 120 Å². The van der Waals surface area contributed by atoms with E-state index in [1.807, 2.05) is 40.4 Å². The summed E-state index contributed by atoms with van der Waals surface area (Å²) in [5.41, 5.74) is 5.33. The standard InChI is InChI=1S/C25H36FN3O3.C23H32FN3O3.C19H25FN2O2/c1-3-5-6-23(30)29-18-25(21-17-19(26)7-8-22(21)29)11-15-27(16-12-25)20-9-13-28(14-10-20)24(31)32-4-2;1-16(2)30-22(29)26-10-6-19(7-11-26)25-12-8-23(9-13-25)15-27(17(3)28)21-5-4-18(24)14-20(21)23;1-14(23)22-13-19(17-12-15(20)2-3-18(17)22)6-8-21(9-7-19)16-4-10-24-11-5-16/h7-8,17,20H,3-6,9-16,18H2,1-2H3;4-5,14,16,19H,6-13,15H2,1-3H3;2-3,12,16H,4-11,13H2,1H3. The van der Waals surface area contributed by atoms with Crippen molar-refractivity contribution >= 4 is 47.0 Å². The number of benzene rings is 3. The number of halogens is 3. The quantitative estimate of drug-likeness (QED) is 0.213. The van der Waals surface area contributed by atoms with Crippen molar-refractivity contribution in [2.45, 2.75) is 178 Å². The normalized spacial score (nSPS) is 22.3. The second kappa shape index (κ2) is 27.3. The van der Waals surface area contributed by atoms with E-state index in [1.54, 1.807) is 55.1 Å². The molecule has 0 N–H and O–H groups in total. The van der Waals surface area contributed by atoms with E-state index in [9.17, 15) is 37.1 Å². The number of fused-ring (bicyclic) bond motifs is 6. The first-order valence-electron chi connectivity index (χ1n) is 32.3. The molecule has 3 aromatic rings. The third-order valence-electron chi connectivity index (χ3n) is 20.7. The van der Waals surface area contributed by atoms with Crippen molar-refractivity contribution in [1.29, 1.82) is 0 Å². The average molecular weight is 1200 g/mol. The van der Waals surface area contributed by atoms with Gasteiger partial charge in [-0.3, -0.25) is 14.4 Å². The highest BCUT2D eigenvalue weighted by Crippen LogP contribution is 2.51. The Balaban J connectivity index is 0.000000144. The number of likely N-dealkylation sites (tertiary alicyclic amines) is 5. The van der Waals surface area contributed by atoms with Crippen molar-refractivity contribution in [1.82, 2.24) is 24.5 Å². The lowest BCUT2D eigenvalue weighted by Gasteiger charge is -2.45. The molecule has 3 aromatic carbocycles. The summed E-state index contributed by atoms with van der Waals surface area (Å²) in [6, 6.07) is 16.2. The number of piperidine rings is 5. The maximum atomic E-state index is 14.2. The van der Waals surface area contributed by atoms with Crippen LogP contribution in [0.4, 0.5) is 39.8 Å². The van der Waals surface area contributed by atoms with Crippen LogP contribution in [0.15, 0.2) is 54.6 Å². The first-order chi connectivity index (χ1) is 41.3. The molecule has 0 unspecified atom stereocenters. The van der Waals surface area contributed by atoms with Crippen molar-refractivity contribution in [3.8, 4) is 0 Å². The fourth-order valence-corrected chi connectivity index (χ4v) is 15.8. The van der Waals surface area contributed by atoms with E-state index < -0.39 is 0 Å². The maximum Gasteiger partial charge on any atom is 0.410 e. The van der Waals surface area contributed by atoms with Gasteiger partial charge in [0, 0.05) is 131 Å². The van der Waals surface area contributed by atoms with Crippen LogP contribution in [0, 0.1) is 17.5 Å². The molecule has 19 heteroatoms. The van der Waals surface area contributed by atoms with Gasteiger partial charge in [0.25, 0.3) is 0 Å². The number of amides is 5. The van der Waals surface area contributed by atoms with E-state index in [-0.39, 0.29) is 69.7 Å². The minimum Gasteiger partial charge on any atom is -0.450 e. The van der Waals surface area contributed by atoms with E-state index in [4.69, 9.17) is 14.2 Å². The summed E-state index contributed by atoms with van der Waals surface area (Å²) in [5, 5.41) is 0. The first-order valence-corrected chi connectivity index (χ1v) is 32.3. The minimum absolute atomic E-state index is 0.0165. The van der Waals surface area contributed by atoms with Crippen LogP contribution in [0.2, 0.25) is 0 Å². The van der Waals surface area contributed by atoms with Crippen LogP contribution < -0.4 is 14.7 Å². The molecule has 0 radical (unpaired) electrons. The summed E-state index contributed by atoms with van der Waals surface area (Å²) in [4.78, 5) is 78.0. The van der Waals surface area contributed by atoms with Gasteiger partial charge in [0.1, 0.15) is 17.5 Å². The van der Waals surface area contributed by atoms with Gasteiger partial charge in [0.05, 0.1) is 12.7 Å². The molecule has 0 bridgehead atoms. The van der Waals surface area contributed by atoms with Crippen LogP contribution in [-0.2, 0) is 44.8 Å². The highest BCUT2D eigenvalue weighted by atomic mass is 19.1. The number of carbonyl (C=O) groups is 5. The molecule has 9 aliphatic rings. The van der Waals surface area contributed by atoms with Gasteiger partial charge in [-0.25, -0.2) is 22.8 Å². The molecule has 9 aliphatic heterocycles. The van der Waals surface area contributed by atoms with Crippen LogP contribution >= 0.6 is 0 Å². The monoisotopic (exact) mass is 1190 g/mol. The lowest BCUT2D eigenvalue weighted by Crippen LogP contribution is -2.52. The number of hydrogen-bond donors (Lipinski definition) is 0. The van der Waals surface area contributed by atoms with Crippen molar-refractivity contribution in [2.24, 2.45) is 0 Å². The Bertz CT molecular complexity index is 2880. The number of nitrogens with zero attached hydrogens (tertiary/aromatic N) is 8. The van der Waals surface area contributed by atoms with Gasteiger partial charge in [-0.2, -0.15) is 0 Å². The molecule has 5 amide bonds. The molecular weight excluding hydrogens is 1100 g/mol. The zero-order valence-corrected chi connectivity index (χ0v) is 51.9. The Labute approximate surface area is 507 Å². The van der Waals surface area contributed by atoms with Gasteiger partial charge in [-0.05, 0) is 215 Å². The van der Waals surface area contributed by atoms with Crippen LogP contribution in [0.5, 0.6) is 0 Å². The van der Waals surface area contributed by atoms with E-state index >= 15 is 0 Å². The Hall–Kier alpha value is -5.76. The largest absolute Gasteiger partial charge is 0.450 e. The molecule has 3 spiro atoms. The zero-order chi connectivity index (χ0) is 60.9. The van der Waals surface area contributed by atoms with Gasteiger partial charge in [-0.1, -0.05) is 13.3 Å². The third kappa shape index (κ3) is 13.6. The second-order valence-corrected chi connectivity index (χ2v) is 26.1. The SMILES string of the molecule is CC(=O)N1CC2(CCN(C3CCN(C(=O)OC(C)C)CC3)CC2)c2cc(F)ccc21.CC(=O)N1CC2(CCN(C3CCOCC3)CC2)c2cc(F)ccc21.CCCCC(=O)N1CC2(CCN(C3CCN(C(=O)OCC)CC3)CC2)c2cc(F)ccc21. The average Bonchev–Trinajstić information content (AvgIpc) is 1.67. The number of anilines is 3. The van der Waals surface area contributed by atoms with E-state index in [2.05, 4.69) is 21.6 Å². The molecule has 86 heavy (non-hydrogen) atoms. The first kappa shape index (κ1) is 63.3. The summed E-state index contributed by atoms with van der Waals surface area (Å²) >= 11 is 0. The summed E-state index contributed by atoms with van der Waals surface area (Å²) in [5.74, 6) is -0.438. The molecule has 0 aromatic heterocycles. The Morgan fingerprint density at radius 3 is 1.24 bits per heavy atom. The number of carbonyl (C=O) groups excluding carboxylic acids is 5. The topological polar surface area (TPSA) is 139 Å². The van der Waals surface area contributed by atoms with Gasteiger partial charge < -0.3 is 53.4 Å². The summed E-state index contributed by atoms with van der Waals surface area (Å²) in [6.45, 7) is 23.7. The van der Waals surface area contributed by atoms with Crippen LogP contribution in [0.3, 0.4) is 0 Å². The highest BCUT2D eigenvalue weighted by Gasteiger charge is 2.50. The molecule has 6 fully saturated rings. The fraction of sp³-hybridized carbons (Fsp3) is 0.657. The molecule has 0 saturated carbocycles. The lowest BCUT2D eigenvalue weighted by molar-refractivity contribution is -0.119. The molecule has 12 rings (SSSR count). The predicted octanol–water partition coefficient (Wildman–Crippen LogP) is 10.6. The fourth-order valence-electron chi connectivity index (χ4n) is 15.8. The zero-order valence-electron chi connectivity index (χ0n) is 51.9. The third-order valence-corrected chi connectivity index (χ3v) is 20.7. The highest BCUT2D eigenvalue weighted by molar-refractivity contribution is 5.97. The van der Waals surface area contributed by atoms with Gasteiger partial charge in [-0.15, -0.1) is 0 Å². The summed E-state index contributed by atoms with van der Waals surface area (Å²) in [7, 11) is 0. The van der Waals surface area contributed by atoms with Gasteiger partial charge in [0.2, 0.25) is 17.7 Å². The number of ether oxygens (including phenoxy) is 3. The van der Waals surface area contributed by atoms with Crippen molar-refractivity contribution in [3.05, 3.63) is 88.7 Å². The lowest BCUT2D eigenvalue weighted by atomic mass is 9.74. The number of unbranched alkanes of at least 4 members (excludes halogenated alkanes) is 1. The molecule has 9 heterocycles. The molecule has 16 nitrogen and oxygen atoms in total. The van der Waals surface area contributed by atoms with E-state index in [1.165, 1.54) is 18.2 Å². The number of rotatable bonds is 8. The minimum atomic E-state index is -0.235. The van der Waals surface area contributed by atoms with Crippen molar-refractivity contribution in [3.63, 3.8) is 0 Å². The predicted molar refractivity (Wildman–Crippen MR) is 326 cm³/mol. The summed E-state index contributed by atoms with van der Waals surface area (Å²) in [6.07, 6.45) is 13.6. The molecule has 470 valence electrons. The van der Waals surface area contributed by atoms with E-state index in [0.717, 1.165) is 202 Å². The Morgan fingerprint density at radius 1 is 0.523 bits per heavy atom. The maximum absolute atomic E-state index is 14.2. The van der Waals surface area contributed by atoms with Crippen LogP contribution in [-0.4, -0.2) is 184 Å². The number of hydrogen-bond acceptors (Lipinski definition) is 11. The Kier molecular flexibility index (Phi) is 20.1. The Morgan fingerprint density at radius 2 is 0.884 bits per heavy atom. The van der Waals surface area contributed by atoms with Crippen LogP contribution in [0.25, 0.3) is 0 Å². The smallest absolute Gasteiger partial charge is 0.410 e. The molecule has 0 aliphatic carbocycles. The van der Waals surface area contributed by atoms with Crippen molar-refractivity contribution < 1.29 is 51.4 Å². The second-order valence-electron chi connectivity index (χ2n) is 26.1. The van der Waals surface area contributed by atoms with Gasteiger partial charge >= 0.3 is 12.2 Å². The molecule has 6 saturated heterocycles. The van der Waals surface area contributed by atoms with Gasteiger partial charge in [0.15, 0.2) is 0 Å². The molecule has 0 atom stereocenters.